The molecule has 11 rings (SSSR count). The highest BCUT2D eigenvalue weighted by molar-refractivity contribution is 6.21. The van der Waals surface area contributed by atoms with Gasteiger partial charge in [-0.1, -0.05) is 97.1 Å². The fourth-order valence-electron chi connectivity index (χ4n) is 8.19. The lowest BCUT2D eigenvalue weighted by atomic mass is 9.99. The van der Waals surface area contributed by atoms with Crippen molar-refractivity contribution in [3.8, 4) is 39.3 Å². The maximum Gasteiger partial charge on any atom is 0.0725 e. The number of pyridine rings is 3. The molecular weight excluding hydrogens is 633 g/mol. The molecule has 0 N–H and O–H groups in total. The lowest BCUT2D eigenvalue weighted by Gasteiger charge is -2.15. The molecular formula is C48H30N4. The van der Waals surface area contributed by atoms with Gasteiger partial charge in [0.1, 0.15) is 0 Å². The molecule has 0 amide bonds. The van der Waals surface area contributed by atoms with Crippen molar-refractivity contribution in [2.24, 2.45) is 0 Å². The van der Waals surface area contributed by atoms with E-state index in [2.05, 4.69) is 178 Å². The van der Waals surface area contributed by atoms with E-state index in [1.165, 1.54) is 54.4 Å². The van der Waals surface area contributed by atoms with Gasteiger partial charge < -0.3 is 8.97 Å². The van der Waals surface area contributed by atoms with Gasteiger partial charge in [-0.25, -0.2) is 4.98 Å². The van der Waals surface area contributed by atoms with Crippen molar-refractivity contribution in [2.45, 2.75) is 0 Å². The minimum Gasteiger partial charge on any atom is -0.309 e. The van der Waals surface area contributed by atoms with Crippen LogP contribution in [0, 0.1) is 0 Å². The summed E-state index contributed by atoms with van der Waals surface area (Å²) in [7, 11) is 0. The van der Waals surface area contributed by atoms with Crippen LogP contribution in [0.5, 0.6) is 0 Å². The van der Waals surface area contributed by atoms with E-state index in [4.69, 9.17) is 4.98 Å². The Morgan fingerprint density at radius 1 is 0.365 bits per heavy atom. The summed E-state index contributed by atoms with van der Waals surface area (Å²) in [6, 6.07) is 61.3. The molecule has 5 heterocycles. The zero-order valence-electron chi connectivity index (χ0n) is 28.1. The third kappa shape index (κ3) is 4.34. The molecule has 5 aromatic heterocycles. The van der Waals surface area contributed by atoms with E-state index < -0.39 is 0 Å². The number of hydrogen-bond acceptors (Lipinski definition) is 2. The van der Waals surface area contributed by atoms with Crippen LogP contribution in [-0.4, -0.2) is 18.9 Å². The number of para-hydroxylation sites is 2. The van der Waals surface area contributed by atoms with E-state index >= 15 is 0 Å². The molecule has 52 heavy (non-hydrogen) atoms. The summed E-state index contributed by atoms with van der Waals surface area (Å²) >= 11 is 0. The van der Waals surface area contributed by atoms with Gasteiger partial charge in [-0.05, 0) is 89.3 Å². The van der Waals surface area contributed by atoms with Crippen molar-refractivity contribution < 1.29 is 0 Å². The molecule has 0 aliphatic rings. The molecule has 11 aromatic rings. The lowest BCUT2D eigenvalue weighted by Crippen LogP contribution is -1.98. The van der Waals surface area contributed by atoms with Crippen molar-refractivity contribution in [1.29, 1.82) is 0 Å². The maximum atomic E-state index is 5.17. The molecule has 4 nitrogen and oxygen atoms in total. The van der Waals surface area contributed by atoms with E-state index in [0.29, 0.717) is 0 Å². The summed E-state index contributed by atoms with van der Waals surface area (Å²) in [6.45, 7) is 0. The van der Waals surface area contributed by atoms with Crippen LogP contribution in [0.25, 0.3) is 99.2 Å². The van der Waals surface area contributed by atoms with Gasteiger partial charge in [0, 0.05) is 56.1 Å². The minimum atomic E-state index is 0.899. The first-order chi connectivity index (χ1) is 25.8. The largest absolute Gasteiger partial charge is 0.309 e. The second-order valence-electron chi connectivity index (χ2n) is 13.5. The van der Waals surface area contributed by atoms with Crippen molar-refractivity contribution in [2.75, 3.05) is 0 Å². The van der Waals surface area contributed by atoms with Gasteiger partial charge in [-0.15, -0.1) is 0 Å². The third-order valence-corrected chi connectivity index (χ3v) is 10.5. The van der Waals surface area contributed by atoms with Crippen LogP contribution in [0.1, 0.15) is 0 Å². The third-order valence-electron chi connectivity index (χ3n) is 10.5. The number of hydrogen-bond donors (Lipinski definition) is 0. The molecule has 0 saturated carbocycles. The fraction of sp³-hybridized carbons (Fsp3) is 0. The van der Waals surface area contributed by atoms with E-state index in [1.54, 1.807) is 6.20 Å². The Kier molecular flexibility index (Phi) is 6.22. The average molecular weight is 663 g/mol. The zero-order chi connectivity index (χ0) is 34.2. The molecule has 0 saturated heterocycles. The lowest BCUT2D eigenvalue weighted by molar-refractivity contribution is 1.18. The van der Waals surface area contributed by atoms with E-state index in [9.17, 15) is 0 Å². The summed E-state index contributed by atoms with van der Waals surface area (Å²) in [5.41, 5.74) is 13.2. The zero-order valence-corrected chi connectivity index (χ0v) is 28.1. The van der Waals surface area contributed by atoms with Gasteiger partial charge in [0.15, 0.2) is 0 Å². The summed E-state index contributed by atoms with van der Waals surface area (Å²) in [4.78, 5) is 9.52. The first kappa shape index (κ1) is 28.8. The maximum absolute atomic E-state index is 5.17. The summed E-state index contributed by atoms with van der Waals surface area (Å²) in [6.07, 6.45) is 3.67. The Labute approximate surface area is 299 Å². The van der Waals surface area contributed by atoms with Crippen molar-refractivity contribution in [1.82, 2.24) is 18.9 Å². The van der Waals surface area contributed by atoms with Crippen LogP contribution in [0.15, 0.2) is 182 Å². The highest BCUT2D eigenvalue weighted by atomic mass is 15.0. The second-order valence-corrected chi connectivity index (χ2v) is 13.5. The molecule has 0 radical (unpaired) electrons. The van der Waals surface area contributed by atoms with Crippen LogP contribution in [0.3, 0.4) is 0 Å². The van der Waals surface area contributed by atoms with Gasteiger partial charge >= 0.3 is 0 Å². The Morgan fingerprint density at radius 2 is 1.02 bits per heavy atom. The quantitative estimate of drug-likeness (QED) is 0.176. The number of fused-ring (bicyclic) bond motifs is 11. The Hall–Kier alpha value is -7.04. The fourth-order valence-corrected chi connectivity index (χ4v) is 8.19. The summed E-state index contributed by atoms with van der Waals surface area (Å²) in [5.74, 6) is 0. The van der Waals surface area contributed by atoms with Gasteiger partial charge in [0.2, 0.25) is 0 Å². The first-order valence-corrected chi connectivity index (χ1v) is 17.7. The molecule has 0 aliphatic carbocycles. The van der Waals surface area contributed by atoms with E-state index in [0.717, 1.165) is 44.8 Å². The predicted molar refractivity (Wildman–Crippen MR) is 216 cm³/mol. The Morgan fingerprint density at radius 3 is 1.85 bits per heavy atom. The number of nitrogens with zero attached hydrogens (tertiary/aromatic N) is 4. The van der Waals surface area contributed by atoms with E-state index in [-0.39, 0.29) is 0 Å². The minimum absolute atomic E-state index is 0.899. The average Bonchev–Trinajstić information content (AvgIpc) is 3.77. The Bertz CT molecular complexity index is 3170. The molecule has 0 atom stereocenters. The van der Waals surface area contributed by atoms with Gasteiger partial charge in [0.25, 0.3) is 0 Å². The molecule has 0 unspecified atom stereocenters. The first-order valence-electron chi connectivity index (χ1n) is 17.7. The molecule has 0 fully saturated rings. The summed E-state index contributed by atoms with van der Waals surface area (Å²) in [5, 5.41) is 7.46. The van der Waals surface area contributed by atoms with E-state index in [1.807, 2.05) is 12.3 Å². The molecule has 242 valence electrons. The van der Waals surface area contributed by atoms with Crippen LogP contribution in [0.2, 0.25) is 0 Å². The second kappa shape index (κ2) is 11.2. The van der Waals surface area contributed by atoms with Crippen molar-refractivity contribution >= 4 is 59.9 Å². The van der Waals surface area contributed by atoms with Crippen molar-refractivity contribution in [3.05, 3.63) is 182 Å². The van der Waals surface area contributed by atoms with Crippen LogP contribution in [0.4, 0.5) is 0 Å². The number of rotatable bonds is 4. The molecule has 6 aromatic carbocycles. The highest BCUT2D eigenvalue weighted by Gasteiger charge is 2.19. The number of aromatic nitrogens is 4. The smallest absolute Gasteiger partial charge is 0.0725 e. The van der Waals surface area contributed by atoms with Crippen molar-refractivity contribution in [3.63, 3.8) is 0 Å². The molecule has 0 aliphatic heterocycles. The predicted octanol–water partition coefficient (Wildman–Crippen LogP) is 12.3. The van der Waals surface area contributed by atoms with Crippen LogP contribution in [-0.2, 0) is 0 Å². The topological polar surface area (TPSA) is 35.1 Å². The standard InChI is InChI=1S/C48H30N4/c1-2-12-31(13-3-1)34-24-35(43-20-10-19-42(50-43)33-15-11-23-49-30-33)26-36(25-34)51-45-22-9-7-18-39(45)41-28-40-37-16-5-6-17-38(37)46-27-32-14-4-8-21-44(32)52(46)48(40)29-47(41)51/h1-30H. The number of benzene rings is 6. The highest BCUT2D eigenvalue weighted by Crippen LogP contribution is 2.41. The monoisotopic (exact) mass is 662 g/mol. The normalized spacial score (nSPS) is 11.8. The molecule has 4 heteroatoms. The SMILES string of the molecule is c1ccc(-c2cc(-c3cccc(-c4cccnc4)n3)cc(-n3c4ccccc4c4cc5c6ccccc6c6cc7ccccc7n6c5cc43)c2)cc1. The molecule has 0 spiro atoms. The van der Waals surface area contributed by atoms with Gasteiger partial charge in [-0.3, -0.25) is 4.98 Å². The Balaban J connectivity index is 1.25. The van der Waals surface area contributed by atoms with Crippen LogP contribution < -0.4 is 0 Å². The van der Waals surface area contributed by atoms with Gasteiger partial charge in [-0.2, -0.15) is 0 Å². The summed E-state index contributed by atoms with van der Waals surface area (Å²) < 4.78 is 4.89. The molecule has 0 bridgehead atoms. The van der Waals surface area contributed by atoms with Crippen LogP contribution >= 0.6 is 0 Å². The van der Waals surface area contributed by atoms with Gasteiger partial charge in [0.05, 0.1) is 39.0 Å².